The first-order valence-electron chi connectivity index (χ1n) is 12.8. The average molecular weight is 589 g/mol. The topological polar surface area (TPSA) is 113 Å². The predicted molar refractivity (Wildman–Crippen MR) is 142 cm³/mol. The SMILES string of the molecule is CN1CCN(C(=O)c2ccc3c(C4=CCC(C(=O)O)CC4)nn(C(=O)c4c(Cl)cccc4C(F)(F)F)c3c2)CC1=O. The van der Waals surface area contributed by atoms with Gasteiger partial charge in [0.05, 0.1) is 33.3 Å². The van der Waals surface area contributed by atoms with Gasteiger partial charge < -0.3 is 14.9 Å². The highest BCUT2D eigenvalue weighted by Crippen LogP contribution is 2.38. The van der Waals surface area contributed by atoms with E-state index in [1.54, 1.807) is 19.2 Å². The molecule has 1 atom stereocenters. The van der Waals surface area contributed by atoms with E-state index in [0.717, 1.165) is 16.8 Å². The molecule has 1 unspecified atom stereocenters. The first-order chi connectivity index (χ1) is 19.4. The standard InChI is InChI=1S/C28H24ClF3N4O5/c1-34-11-12-35(14-22(34)37)25(38)17-9-10-18-21(13-17)36(33-24(18)15-5-7-16(8-6-15)27(40)41)26(39)23-19(28(30,31)32)3-2-4-20(23)29/h2-5,9-10,13,16H,6-8,11-12,14H2,1H3,(H,40,41). The molecule has 2 aromatic carbocycles. The van der Waals surface area contributed by atoms with Crippen molar-refractivity contribution in [2.75, 3.05) is 26.7 Å². The van der Waals surface area contributed by atoms with Gasteiger partial charge >= 0.3 is 12.1 Å². The number of likely N-dealkylation sites (N-methyl/N-ethyl adjacent to an activating group) is 1. The van der Waals surface area contributed by atoms with E-state index in [2.05, 4.69) is 5.10 Å². The van der Waals surface area contributed by atoms with Gasteiger partial charge in [0.25, 0.3) is 11.8 Å². The number of nitrogens with zero attached hydrogens (tertiary/aromatic N) is 4. The molecule has 41 heavy (non-hydrogen) atoms. The maximum absolute atomic E-state index is 13.9. The summed E-state index contributed by atoms with van der Waals surface area (Å²) in [5.74, 6) is -3.38. The number of carboxylic acid groups (broad SMARTS) is 1. The molecule has 3 aromatic rings. The zero-order valence-electron chi connectivity index (χ0n) is 21.7. The second-order valence-corrected chi connectivity index (χ2v) is 10.4. The molecule has 2 heterocycles. The molecule has 2 aliphatic rings. The van der Waals surface area contributed by atoms with E-state index in [-0.39, 0.29) is 36.5 Å². The molecule has 0 saturated carbocycles. The molecular weight excluding hydrogens is 565 g/mol. The summed E-state index contributed by atoms with van der Waals surface area (Å²) in [6, 6.07) is 7.44. The van der Waals surface area contributed by atoms with Crippen LogP contribution in [0.2, 0.25) is 5.02 Å². The Balaban J connectivity index is 1.64. The molecule has 9 nitrogen and oxygen atoms in total. The fourth-order valence-electron chi connectivity index (χ4n) is 5.11. The highest BCUT2D eigenvalue weighted by molar-refractivity contribution is 6.34. The lowest BCUT2D eigenvalue weighted by Gasteiger charge is -2.32. The smallest absolute Gasteiger partial charge is 0.417 e. The molecule has 214 valence electrons. The van der Waals surface area contributed by atoms with Crippen LogP contribution in [0.1, 0.15) is 51.2 Å². The molecule has 1 aliphatic heterocycles. The summed E-state index contributed by atoms with van der Waals surface area (Å²) in [7, 11) is 1.63. The van der Waals surface area contributed by atoms with Crippen molar-refractivity contribution in [3.8, 4) is 0 Å². The second kappa shape index (κ2) is 10.7. The Hall–Kier alpha value is -4.19. The lowest BCUT2D eigenvalue weighted by atomic mass is 9.87. The Morgan fingerprint density at radius 3 is 2.49 bits per heavy atom. The lowest BCUT2D eigenvalue weighted by Crippen LogP contribution is -2.50. The predicted octanol–water partition coefficient (Wildman–Crippen LogP) is 4.58. The first-order valence-corrected chi connectivity index (χ1v) is 13.1. The molecule has 13 heteroatoms. The minimum Gasteiger partial charge on any atom is -0.481 e. The number of amides is 2. The van der Waals surface area contributed by atoms with Crippen molar-refractivity contribution < 1.29 is 37.5 Å². The van der Waals surface area contributed by atoms with Crippen LogP contribution in [0.5, 0.6) is 0 Å². The Bertz CT molecular complexity index is 1630. The second-order valence-electron chi connectivity index (χ2n) is 10.0. The van der Waals surface area contributed by atoms with E-state index >= 15 is 0 Å². The molecule has 1 aromatic heterocycles. The molecular formula is C28H24ClF3N4O5. The third-order valence-corrected chi connectivity index (χ3v) is 7.78. The summed E-state index contributed by atoms with van der Waals surface area (Å²) in [4.78, 5) is 53.5. The van der Waals surface area contributed by atoms with Crippen LogP contribution >= 0.6 is 11.6 Å². The first kappa shape index (κ1) is 28.3. The van der Waals surface area contributed by atoms with Crippen LogP contribution < -0.4 is 0 Å². The largest absolute Gasteiger partial charge is 0.481 e. The Morgan fingerprint density at radius 2 is 1.85 bits per heavy atom. The number of hydrogen-bond donors (Lipinski definition) is 1. The van der Waals surface area contributed by atoms with E-state index < -0.39 is 46.0 Å². The van der Waals surface area contributed by atoms with Crippen molar-refractivity contribution in [1.29, 1.82) is 0 Å². The number of rotatable bonds is 4. The summed E-state index contributed by atoms with van der Waals surface area (Å²) in [6.07, 6.45) is -2.32. The van der Waals surface area contributed by atoms with Crippen LogP contribution in [0.3, 0.4) is 0 Å². The van der Waals surface area contributed by atoms with Crippen LogP contribution in [-0.4, -0.2) is 75.1 Å². The van der Waals surface area contributed by atoms with Gasteiger partial charge in [0.2, 0.25) is 5.91 Å². The van der Waals surface area contributed by atoms with Crippen LogP contribution in [0.4, 0.5) is 13.2 Å². The number of benzene rings is 2. The van der Waals surface area contributed by atoms with Gasteiger partial charge in [-0.3, -0.25) is 19.2 Å². The van der Waals surface area contributed by atoms with Gasteiger partial charge in [-0.1, -0.05) is 23.7 Å². The number of piperazine rings is 1. The number of fused-ring (bicyclic) bond motifs is 1. The Labute approximate surface area is 236 Å². The Kier molecular flexibility index (Phi) is 7.37. The van der Waals surface area contributed by atoms with Gasteiger partial charge in [0.15, 0.2) is 0 Å². The van der Waals surface area contributed by atoms with E-state index in [1.807, 2.05) is 0 Å². The molecule has 1 saturated heterocycles. The number of aromatic nitrogens is 2. The molecule has 0 bridgehead atoms. The zero-order valence-corrected chi connectivity index (χ0v) is 22.5. The monoisotopic (exact) mass is 588 g/mol. The fourth-order valence-corrected chi connectivity index (χ4v) is 5.37. The molecule has 0 radical (unpaired) electrons. The van der Waals surface area contributed by atoms with Crippen molar-refractivity contribution in [2.45, 2.75) is 25.4 Å². The summed E-state index contributed by atoms with van der Waals surface area (Å²) < 4.78 is 42.4. The van der Waals surface area contributed by atoms with E-state index in [4.69, 9.17) is 11.6 Å². The summed E-state index contributed by atoms with van der Waals surface area (Å²) in [6.45, 7) is 0.489. The fraction of sp³-hybridized carbons (Fsp3) is 0.321. The molecule has 5 rings (SSSR count). The van der Waals surface area contributed by atoms with E-state index in [9.17, 15) is 37.5 Å². The highest BCUT2D eigenvalue weighted by atomic mass is 35.5. The minimum atomic E-state index is -4.88. The van der Waals surface area contributed by atoms with Crippen molar-refractivity contribution in [3.63, 3.8) is 0 Å². The van der Waals surface area contributed by atoms with Crippen LogP contribution in [0.15, 0.2) is 42.5 Å². The number of aliphatic carboxylic acids is 1. The number of hydrogen-bond acceptors (Lipinski definition) is 5. The number of carboxylic acids is 1. The number of carbonyl (C=O) groups is 4. The number of alkyl halides is 3. The minimum absolute atomic E-state index is 0.0746. The third-order valence-electron chi connectivity index (χ3n) is 7.46. The molecule has 2 amide bonds. The summed E-state index contributed by atoms with van der Waals surface area (Å²) in [5.41, 5.74) is -0.892. The van der Waals surface area contributed by atoms with Crippen molar-refractivity contribution in [1.82, 2.24) is 19.6 Å². The van der Waals surface area contributed by atoms with Gasteiger partial charge in [-0.05, 0) is 55.2 Å². The molecule has 1 aliphatic carbocycles. The number of carbonyl (C=O) groups excluding carboxylic acids is 3. The van der Waals surface area contributed by atoms with Gasteiger partial charge in [0.1, 0.15) is 6.54 Å². The normalized spacial score (nSPS) is 18.0. The molecule has 1 fully saturated rings. The molecule has 0 spiro atoms. The van der Waals surface area contributed by atoms with Crippen LogP contribution in [0.25, 0.3) is 16.5 Å². The van der Waals surface area contributed by atoms with Gasteiger partial charge in [0, 0.05) is 31.1 Å². The maximum atomic E-state index is 13.9. The third kappa shape index (κ3) is 5.31. The van der Waals surface area contributed by atoms with Crippen LogP contribution in [0, 0.1) is 5.92 Å². The van der Waals surface area contributed by atoms with E-state index in [1.165, 1.54) is 28.0 Å². The lowest BCUT2D eigenvalue weighted by molar-refractivity contribution is -0.142. The van der Waals surface area contributed by atoms with Crippen molar-refractivity contribution in [3.05, 3.63) is 69.9 Å². The number of allylic oxidation sites excluding steroid dienone is 2. The average Bonchev–Trinajstić information content (AvgIpc) is 3.32. The van der Waals surface area contributed by atoms with Crippen molar-refractivity contribution in [2.24, 2.45) is 5.92 Å². The quantitative estimate of drug-likeness (QED) is 0.477. The number of halogens is 4. The van der Waals surface area contributed by atoms with Gasteiger partial charge in [-0.25, -0.2) is 0 Å². The Morgan fingerprint density at radius 1 is 1.10 bits per heavy atom. The van der Waals surface area contributed by atoms with Crippen molar-refractivity contribution >= 4 is 51.8 Å². The van der Waals surface area contributed by atoms with E-state index in [0.29, 0.717) is 36.0 Å². The highest BCUT2D eigenvalue weighted by Gasteiger charge is 2.38. The summed E-state index contributed by atoms with van der Waals surface area (Å²) >= 11 is 6.12. The maximum Gasteiger partial charge on any atom is 0.417 e. The van der Waals surface area contributed by atoms with Gasteiger partial charge in [-0.2, -0.15) is 23.0 Å². The van der Waals surface area contributed by atoms with Gasteiger partial charge in [-0.15, -0.1) is 0 Å². The summed E-state index contributed by atoms with van der Waals surface area (Å²) in [5, 5.41) is 13.7. The molecule has 1 N–H and O–H groups in total. The van der Waals surface area contributed by atoms with Crippen LogP contribution in [-0.2, 0) is 15.8 Å². The zero-order chi connectivity index (χ0) is 29.6.